The molecule has 0 saturated carbocycles. The molecule has 0 saturated heterocycles. The molecule has 0 radical (unpaired) electrons. The van der Waals surface area contributed by atoms with Crippen LogP contribution in [0.1, 0.15) is 41.1 Å². The lowest BCUT2D eigenvalue weighted by Crippen LogP contribution is -2.27. The number of alkyl halides is 3. The molecule has 2 N–H and O–H groups in total. The molecule has 1 atom stereocenters. The Balaban J connectivity index is 2.12. The zero-order valence-corrected chi connectivity index (χ0v) is 15.8. The van der Waals surface area contributed by atoms with E-state index in [9.17, 15) is 18.0 Å². The third-order valence-corrected chi connectivity index (χ3v) is 4.01. The lowest BCUT2D eigenvalue weighted by Gasteiger charge is -2.19. The van der Waals surface area contributed by atoms with E-state index < -0.39 is 23.9 Å². The van der Waals surface area contributed by atoms with Crippen LogP contribution in [0.3, 0.4) is 0 Å². The molecule has 10 heteroatoms. The molecule has 6 nitrogen and oxygen atoms in total. The number of hydrogen-bond acceptors (Lipinski definition) is 5. The van der Waals surface area contributed by atoms with Crippen molar-refractivity contribution >= 4 is 21.8 Å². The van der Waals surface area contributed by atoms with Crippen molar-refractivity contribution in [3.8, 4) is 5.75 Å². The molecular weight excluding hydrogens is 431 g/mol. The van der Waals surface area contributed by atoms with Crippen LogP contribution in [0.5, 0.6) is 5.75 Å². The number of halogens is 4. The van der Waals surface area contributed by atoms with Crippen LogP contribution in [-0.2, 0) is 6.18 Å². The average Bonchev–Trinajstić information content (AvgIpc) is 2.61. The van der Waals surface area contributed by atoms with Crippen LogP contribution in [-0.4, -0.2) is 34.2 Å². The molecule has 0 spiro atoms. The van der Waals surface area contributed by atoms with Gasteiger partial charge in [0.05, 0.1) is 18.2 Å². The first-order chi connectivity index (χ1) is 12.7. The van der Waals surface area contributed by atoms with Gasteiger partial charge in [-0.25, -0.2) is 9.97 Å². The number of hydrogen-bond donors (Lipinski definition) is 2. The van der Waals surface area contributed by atoms with E-state index in [2.05, 4.69) is 31.2 Å². The van der Waals surface area contributed by atoms with Crippen molar-refractivity contribution in [3.63, 3.8) is 0 Å². The Morgan fingerprint density at radius 3 is 2.59 bits per heavy atom. The smallest absolute Gasteiger partial charge is 0.451 e. The van der Waals surface area contributed by atoms with Gasteiger partial charge < -0.3 is 15.2 Å². The number of ether oxygens (including phenoxy) is 1. The zero-order valence-electron chi connectivity index (χ0n) is 14.3. The first-order valence-electron chi connectivity index (χ1n) is 7.95. The molecule has 1 aromatic carbocycles. The first kappa shape index (κ1) is 21.1. The summed E-state index contributed by atoms with van der Waals surface area (Å²) >= 11 is 3.34. The van der Waals surface area contributed by atoms with Gasteiger partial charge in [0.25, 0.3) is 5.91 Å². The van der Waals surface area contributed by atoms with Crippen LogP contribution >= 0.6 is 15.9 Å². The summed E-state index contributed by atoms with van der Waals surface area (Å²) in [6.07, 6.45) is -2.55. The molecule has 0 aliphatic heterocycles. The van der Waals surface area contributed by atoms with Gasteiger partial charge in [-0.15, -0.1) is 0 Å². The highest BCUT2D eigenvalue weighted by Crippen LogP contribution is 2.29. The second kappa shape index (κ2) is 9.14. The Kier molecular flexibility index (Phi) is 7.14. The van der Waals surface area contributed by atoms with Crippen molar-refractivity contribution in [1.29, 1.82) is 0 Å². The minimum absolute atomic E-state index is 0.0104. The Morgan fingerprint density at radius 1 is 1.33 bits per heavy atom. The largest absolute Gasteiger partial charge is 0.493 e. The number of aromatic nitrogens is 2. The summed E-state index contributed by atoms with van der Waals surface area (Å²) in [4.78, 5) is 18.6. The highest BCUT2D eigenvalue weighted by molar-refractivity contribution is 9.10. The fourth-order valence-corrected chi connectivity index (χ4v) is 2.53. The van der Waals surface area contributed by atoms with E-state index in [-0.39, 0.29) is 12.2 Å². The topological polar surface area (TPSA) is 84.3 Å². The van der Waals surface area contributed by atoms with Gasteiger partial charge in [0, 0.05) is 35.5 Å². The fourth-order valence-electron chi connectivity index (χ4n) is 2.19. The second-order valence-corrected chi connectivity index (χ2v) is 6.51. The maximum Gasteiger partial charge on any atom is 0.451 e. The molecule has 1 aromatic heterocycles. The van der Waals surface area contributed by atoms with Crippen LogP contribution in [0.2, 0.25) is 0 Å². The molecule has 0 fully saturated rings. The number of nitrogens with one attached hydrogen (secondary N) is 1. The lowest BCUT2D eigenvalue weighted by atomic mass is 10.1. The van der Waals surface area contributed by atoms with Gasteiger partial charge in [-0.2, -0.15) is 13.2 Å². The molecule has 2 rings (SSSR count). The lowest BCUT2D eigenvalue weighted by molar-refractivity contribution is -0.145. The standard InChI is InChI=1S/C17H17BrF3N3O3/c1-10(13-4-3-12(18)7-14(13)27-6-2-5-25)24-15(26)11-8-22-16(23-9-11)17(19,20)21/h3-4,7-10,25H,2,5-6H2,1H3,(H,24,26)/t10-/m1/s1. The maximum atomic E-state index is 12.5. The highest BCUT2D eigenvalue weighted by atomic mass is 79.9. The number of benzene rings is 1. The van der Waals surface area contributed by atoms with E-state index in [1.54, 1.807) is 25.1 Å². The Morgan fingerprint density at radius 2 is 2.00 bits per heavy atom. The van der Waals surface area contributed by atoms with E-state index in [1.807, 2.05) is 0 Å². The molecule has 27 heavy (non-hydrogen) atoms. The summed E-state index contributed by atoms with van der Waals surface area (Å²) < 4.78 is 43.9. The number of carbonyl (C=O) groups excluding carboxylic acids is 1. The second-order valence-electron chi connectivity index (χ2n) is 5.60. The molecule has 2 aromatic rings. The highest BCUT2D eigenvalue weighted by Gasteiger charge is 2.34. The third-order valence-electron chi connectivity index (χ3n) is 3.52. The van der Waals surface area contributed by atoms with E-state index in [4.69, 9.17) is 9.84 Å². The van der Waals surface area contributed by atoms with Crippen LogP contribution in [0.25, 0.3) is 0 Å². The summed E-state index contributed by atoms with van der Waals surface area (Å²) in [6, 6.07) is 4.78. The normalized spacial score (nSPS) is 12.5. The Labute approximate surface area is 161 Å². The van der Waals surface area contributed by atoms with E-state index in [0.29, 0.717) is 24.3 Å². The predicted octanol–water partition coefficient (Wildman–Crippen LogP) is 3.51. The maximum absolute atomic E-state index is 12.5. The minimum atomic E-state index is -4.67. The van der Waals surface area contributed by atoms with Gasteiger partial charge in [0.1, 0.15) is 5.75 Å². The summed E-state index contributed by atoms with van der Waals surface area (Å²) in [7, 11) is 0. The van der Waals surface area contributed by atoms with Crippen molar-refractivity contribution in [2.75, 3.05) is 13.2 Å². The molecule has 1 amide bonds. The van der Waals surface area contributed by atoms with Gasteiger partial charge in [-0.05, 0) is 19.1 Å². The Hall–Kier alpha value is -2.20. The van der Waals surface area contributed by atoms with E-state index in [0.717, 1.165) is 16.9 Å². The average molecular weight is 448 g/mol. The molecule has 0 aliphatic carbocycles. The summed E-state index contributed by atoms with van der Waals surface area (Å²) in [5, 5.41) is 11.5. The monoisotopic (exact) mass is 447 g/mol. The summed E-state index contributed by atoms with van der Waals surface area (Å²) in [5.74, 6) is -1.39. The van der Waals surface area contributed by atoms with Gasteiger partial charge in [0.2, 0.25) is 5.82 Å². The fraction of sp³-hybridized carbons (Fsp3) is 0.353. The van der Waals surface area contributed by atoms with Crippen LogP contribution < -0.4 is 10.1 Å². The quantitative estimate of drug-likeness (QED) is 0.634. The Bertz CT molecular complexity index is 785. The number of aliphatic hydroxyl groups excluding tert-OH is 1. The third kappa shape index (κ3) is 5.90. The molecule has 0 bridgehead atoms. The van der Waals surface area contributed by atoms with Gasteiger partial charge in [0.15, 0.2) is 0 Å². The van der Waals surface area contributed by atoms with E-state index in [1.165, 1.54) is 0 Å². The van der Waals surface area contributed by atoms with Crippen molar-refractivity contribution in [2.24, 2.45) is 0 Å². The van der Waals surface area contributed by atoms with Crippen molar-refractivity contribution in [2.45, 2.75) is 25.6 Å². The molecule has 0 aliphatic rings. The van der Waals surface area contributed by atoms with Crippen molar-refractivity contribution in [3.05, 3.63) is 52.0 Å². The van der Waals surface area contributed by atoms with Crippen LogP contribution in [0.4, 0.5) is 13.2 Å². The number of rotatable bonds is 7. The number of aliphatic hydroxyl groups is 1. The molecule has 146 valence electrons. The van der Waals surface area contributed by atoms with Gasteiger partial charge in [-0.1, -0.05) is 22.0 Å². The number of nitrogens with zero attached hydrogens (tertiary/aromatic N) is 2. The summed E-state index contributed by atoms with van der Waals surface area (Å²) in [5.41, 5.74) is 0.590. The van der Waals surface area contributed by atoms with Crippen molar-refractivity contribution < 1.29 is 27.8 Å². The first-order valence-corrected chi connectivity index (χ1v) is 8.75. The predicted molar refractivity (Wildman–Crippen MR) is 94.3 cm³/mol. The number of carbonyl (C=O) groups is 1. The van der Waals surface area contributed by atoms with Crippen LogP contribution in [0.15, 0.2) is 35.1 Å². The van der Waals surface area contributed by atoms with Crippen molar-refractivity contribution in [1.82, 2.24) is 15.3 Å². The van der Waals surface area contributed by atoms with Gasteiger partial charge >= 0.3 is 6.18 Å². The molecule has 1 heterocycles. The van der Waals surface area contributed by atoms with Gasteiger partial charge in [-0.3, -0.25) is 4.79 Å². The summed E-state index contributed by atoms with van der Waals surface area (Å²) in [6.45, 7) is 2.00. The van der Waals surface area contributed by atoms with Crippen LogP contribution in [0, 0.1) is 0 Å². The van der Waals surface area contributed by atoms with E-state index >= 15 is 0 Å². The SMILES string of the molecule is C[C@@H](NC(=O)c1cnc(C(F)(F)F)nc1)c1ccc(Br)cc1OCCCO. The minimum Gasteiger partial charge on any atom is -0.493 e. The zero-order chi connectivity index (χ0) is 20.0. The molecule has 0 unspecified atom stereocenters. The number of amides is 1. The molecular formula is C17H17BrF3N3O3.